The van der Waals surface area contributed by atoms with Crippen LogP contribution in [0.1, 0.15) is 18.9 Å². The molecule has 0 spiro atoms. The molecule has 0 aliphatic carbocycles. The molecule has 0 saturated carbocycles. The van der Waals surface area contributed by atoms with E-state index in [1.807, 2.05) is 6.07 Å². The van der Waals surface area contributed by atoms with Crippen molar-refractivity contribution in [2.24, 2.45) is 0 Å². The average Bonchev–Trinajstić information content (AvgIpc) is 2.25. The van der Waals surface area contributed by atoms with E-state index < -0.39 is 11.2 Å². The summed E-state index contributed by atoms with van der Waals surface area (Å²) in [6.45, 7) is 1.79. The summed E-state index contributed by atoms with van der Waals surface area (Å²) in [6, 6.07) is 6.85. The highest BCUT2D eigenvalue weighted by molar-refractivity contribution is 8.00. The first-order valence-electron chi connectivity index (χ1n) is 4.67. The molecule has 1 unspecified atom stereocenters. The van der Waals surface area contributed by atoms with Crippen LogP contribution in [0.2, 0.25) is 5.02 Å². The fraction of sp³-hybridized carbons (Fsp3) is 0.273. The number of rotatable bonds is 4. The van der Waals surface area contributed by atoms with Crippen LogP contribution in [0.4, 0.5) is 0 Å². The van der Waals surface area contributed by atoms with Crippen LogP contribution < -0.4 is 0 Å². The van der Waals surface area contributed by atoms with Gasteiger partial charge in [0, 0.05) is 9.92 Å². The lowest BCUT2D eigenvalue weighted by Crippen LogP contribution is -2.14. The fourth-order valence-corrected chi connectivity index (χ4v) is 2.39. The SMILES string of the molecule is CCC(Sc1cc(Cl)ccc1C#N)C(=O)O. The monoisotopic (exact) mass is 255 g/mol. The zero-order chi connectivity index (χ0) is 12.1. The predicted molar refractivity (Wildman–Crippen MR) is 63.7 cm³/mol. The van der Waals surface area contributed by atoms with E-state index in [1.165, 1.54) is 0 Å². The molecule has 1 aromatic rings. The molecule has 5 heteroatoms. The summed E-state index contributed by atoms with van der Waals surface area (Å²) in [6.07, 6.45) is 0.497. The molecule has 0 bridgehead atoms. The number of halogens is 1. The first kappa shape index (κ1) is 12.9. The highest BCUT2D eigenvalue weighted by Gasteiger charge is 2.18. The van der Waals surface area contributed by atoms with Crippen molar-refractivity contribution in [2.45, 2.75) is 23.5 Å². The third-order valence-electron chi connectivity index (χ3n) is 1.98. The number of thioether (sulfide) groups is 1. The first-order valence-corrected chi connectivity index (χ1v) is 5.93. The normalized spacial score (nSPS) is 11.8. The molecule has 16 heavy (non-hydrogen) atoms. The lowest BCUT2D eigenvalue weighted by molar-refractivity contribution is -0.136. The number of carbonyl (C=O) groups is 1. The first-order chi connectivity index (χ1) is 7.58. The molecule has 0 aliphatic rings. The van der Waals surface area contributed by atoms with Crippen molar-refractivity contribution in [2.75, 3.05) is 0 Å². The molecule has 84 valence electrons. The van der Waals surface area contributed by atoms with Gasteiger partial charge in [0.15, 0.2) is 0 Å². The van der Waals surface area contributed by atoms with Crippen LogP contribution in [0.15, 0.2) is 23.1 Å². The molecule has 1 N–H and O–H groups in total. The highest BCUT2D eigenvalue weighted by atomic mass is 35.5. The van der Waals surface area contributed by atoms with E-state index >= 15 is 0 Å². The summed E-state index contributed by atoms with van der Waals surface area (Å²) in [5.74, 6) is -0.878. The van der Waals surface area contributed by atoms with Crippen LogP contribution in [0.5, 0.6) is 0 Å². The number of carboxylic acid groups (broad SMARTS) is 1. The van der Waals surface area contributed by atoms with Crippen LogP contribution in [-0.4, -0.2) is 16.3 Å². The van der Waals surface area contributed by atoms with Gasteiger partial charge in [0.05, 0.1) is 5.56 Å². The smallest absolute Gasteiger partial charge is 0.316 e. The van der Waals surface area contributed by atoms with E-state index in [4.69, 9.17) is 22.0 Å². The van der Waals surface area contributed by atoms with Gasteiger partial charge in [-0.25, -0.2) is 0 Å². The van der Waals surface area contributed by atoms with E-state index in [9.17, 15) is 4.79 Å². The summed E-state index contributed by atoms with van der Waals surface area (Å²) in [5.41, 5.74) is 0.453. The quantitative estimate of drug-likeness (QED) is 0.840. The van der Waals surface area contributed by atoms with Crippen LogP contribution >= 0.6 is 23.4 Å². The number of nitrogens with zero attached hydrogens (tertiary/aromatic N) is 1. The van der Waals surface area contributed by atoms with Crippen molar-refractivity contribution in [3.8, 4) is 6.07 Å². The van der Waals surface area contributed by atoms with E-state index in [1.54, 1.807) is 25.1 Å². The van der Waals surface area contributed by atoms with Gasteiger partial charge in [0.25, 0.3) is 0 Å². The lowest BCUT2D eigenvalue weighted by atomic mass is 10.2. The predicted octanol–water partition coefficient (Wildman–Crippen LogP) is 3.17. The third kappa shape index (κ3) is 3.16. The maximum Gasteiger partial charge on any atom is 0.316 e. The van der Waals surface area contributed by atoms with Crippen LogP contribution in [0, 0.1) is 11.3 Å². The topological polar surface area (TPSA) is 61.1 Å². The summed E-state index contributed by atoms with van der Waals surface area (Å²) in [4.78, 5) is 11.5. The summed E-state index contributed by atoms with van der Waals surface area (Å²) in [7, 11) is 0. The van der Waals surface area contributed by atoms with Gasteiger partial charge in [0.2, 0.25) is 0 Å². The Morgan fingerprint density at radius 1 is 1.69 bits per heavy atom. The molecule has 1 aromatic carbocycles. The van der Waals surface area contributed by atoms with Crippen molar-refractivity contribution in [3.05, 3.63) is 28.8 Å². The maximum absolute atomic E-state index is 10.9. The van der Waals surface area contributed by atoms with Crippen LogP contribution in [0.3, 0.4) is 0 Å². The minimum absolute atomic E-state index is 0.453. The van der Waals surface area contributed by atoms with Crippen molar-refractivity contribution < 1.29 is 9.90 Å². The Morgan fingerprint density at radius 2 is 2.38 bits per heavy atom. The lowest BCUT2D eigenvalue weighted by Gasteiger charge is -2.10. The Balaban J connectivity index is 2.99. The molecule has 1 atom stereocenters. The van der Waals surface area contributed by atoms with E-state index in [0.717, 1.165) is 11.8 Å². The van der Waals surface area contributed by atoms with E-state index in [-0.39, 0.29) is 0 Å². The number of hydrogen-bond acceptors (Lipinski definition) is 3. The van der Waals surface area contributed by atoms with Crippen molar-refractivity contribution in [1.82, 2.24) is 0 Å². The Labute approximate surface area is 103 Å². The molecule has 0 fully saturated rings. The zero-order valence-electron chi connectivity index (χ0n) is 8.61. The molecule has 0 aromatic heterocycles. The van der Waals surface area contributed by atoms with Crippen molar-refractivity contribution in [1.29, 1.82) is 5.26 Å². The molecule has 0 amide bonds. The molecule has 0 radical (unpaired) electrons. The van der Waals surface area contributed by atoms with Crippen LogP contribution in [-0.2, 0) is 4.79 Å². The van der Waals surface area contributed by atoms with Crippen LogP contribution in [0.25, 0.3) is 0 Å². The third-order valence-corrected chi connectivity index (χ3v) is 3.63. The molecule has 0 saturated heterocycles. The minimum Gasteiger partial charge on any atom is -0.480 e. The minimum atomic E-state index is -0.878. The second-order valence-corrected chi connectivity index (χ2v) is 4.79. The number of aliphatic carboxylic acids is 1. The summed E-state index contributed by atoms with van der Waals surface area (Å²) in [5, 5.41) is 17.8. The number of benzene rings is 1. The zero-order valence-corrected chi connectivity index (χ0v) is 10.2. The molecular weight excluding hydrogens is 246 g/mol. The van der Waals surface area contributed by atoms with E-state index in [2.05, 4.69) is 0 Å². The molecule has 0 heterocycles. The van der Waals surface area contributed by atoms with Crippen molar-refractivity contribution >= 4 is 29.3 Å². The van der Waals surface area contributed by atoms with Gasteiger partial charge in [-0.1, -0.05) is 18.5 Å². The number of hydrogen-bond donors (Lipinski definition) is 1. The van der Waals surface area contributed by atoms with Gasteiger partial charge in [-0.15, -0.1) is 11.8 Å². The fourth-order valence-electron chi connectivity index (χ4n) is 1.15. The molecule has 1 rings (SSSR count). The van der Waals surface area contributed by atoms with Gasteiger partial charge >= 0.3 is 5.97 Å². The Kier molecular flexibility index (Phi) is 4.66. The molecule has 3 nitrogen and oxygen atoms in total. The molecular formula is C11H10ClNO2S. The summed E-state index contributed by atoms with van der Waals surface area (Å²) < 4.78 is 0. The van der Waals surface area contributed by atoms with Gasteiger partial charge < -0.3 is 5.11 Å². The summed E-state index contributed by atoms with van der Waals surface area (Å²) >= 11 is 6.97. The maximum atomic E-state index is 10.9. The number of carboxylic acids is 1. The number of nitriles is 1. The average molecular weight is 256 g/mol. The Hall–Kier alpha value is -1.18. The molecule has 0 aliphatic heterocycles. The van der Waals surface area contributed by atoms with Gasteiger partial charge in [-0.3, -0.25) is 4.79 Å². The van der Waals surface area contributed by atoms with Gasteiger partial charge in [-0.05, 0) is 24.6 Å². The largest absolute Gasteiger partial charge is 0.480 e. The highest BCUT2D eigenvalue weighted by Crippen LogP contribution is 2.30. The Bertz CT molecular complexity index is 442. The second kappa shape index (κ2) is 5.78. The Morgan fingerprint density at radius 3 is 2.88 bits per heavy atom. The van der Waals surface area contributed by atoms with Gasteiger partial charge in [-0.2, -0.15) is 5.26 Å². The van der Waals surface area contributed by atoms with Crippen molar-refractivity contribution in [3.63, 3.8) is 0 Å². The second-order valence-electron chi connectivity index (χ2n) is 3.11. The van der Waals surface area contributed by atoms with Gasteiger partial charge in [0.1, 0.15) is 11.3 Å². The van der Waals surface area contributed by atoms with E-state index in [0.29, 0.717) is 21.9 Å². The standard InChI is InChI=1S/C11H10ClNO2S/c1-2-9(11(14)15)16-10-5-8(12)4-3-7(10)6-13/h3-5,9H,2H2,1H3,(H,14,15).